The summed E-state index contributed by atoms with van der Waals surface area (Å²) in [5.74, 6) is 0.0603. The van der Waals surface area contributed by atoms with Crippen molar-refractivity contribution >= 4 is 33.3 Å². The third kappa shape index (κ3) is 4.17. The van der Waals surface area contributed by atoms with Gasteiger partial charge in [0.2, 0.25) is 0 Å². The monoisotopic (exact) mass is 356 g/mol. The van der Waals surface area contributed by atoms with Gasteiger partial charge in [0.05, 0.1) is 0 Å². The number of aryl methyl sites for hydroxylation is 1. The molecular weight excluding hydrogens is 344 g/mol. The van der Waals surface area contributed by atoms with Crippen molar-refractivity contribution in [3.63, 3.8) is 0 Å². The van der Waals surface area contributed by atoms with Gasteiger partial charge in [-0.1, -0.05) is 34.1 Å². The van der Waals surface area contributed by atoms with E-state index in [2.05, 4.69) is 31.5 Å². The molecule has 1 aromatic heterocycles. The fourth-order valence-corrected chi connectivity index (χ4v) is 2.02. The molecule has 0 aliphatic heterocycles. The van der Waals surface area contributed by atoms with Gasteiger partial charge in [-0.3, -0.25) is 4.79 Å². The Kier molecular flexibility index (Phi) is 5.28. The standard InChI is InChI=1S/C16H13BrN4O/c1-11-4-2-3-5-14(11)21-16(22)12(9-18)10-20-15-8-13(17)6-7-19-15/h2-8,10H,1H3,(H,19,20)(H,21,22)/b12-10-. The first-order chi connectivity index (χ1) is 10.6. The first-order valence-electron chi connectivity index (χ1n) is 6.45. The number of carbonyl (C=O) groups excluding carboxylic acids is 1. The van der Waals surface area contributed by atoms with Gasteiger partial charge in [0.1, 0.15) is 17.5 Å². The maximum atomic E-state index is 12.1. The Hall–Kier alpha value is -2.65. The number of anilines is 2. The van der Waals surface area contributed by atoms with Crippen LogP contribution in [0.15, 0.2) is 58.8 Å². The number of hydrogen-bond acceptors (Lipinski definition) is 4. The van der Waals surface area contributed by atoms with Crippen LogP contribution in [0.5, 0.6) is 0 Å². The zero-order chi connectivity index (χ0) is 15.9. The number of nitrogens with one attached hydrogen (secondary N) is 2. The number of para-hydroxylation sites is 1. The van der Waals surface area contributed by atoms with E-state index in [-0.39, 0.29) is 5.57 Å². The lowest BCUT2D eigenvalue weighted by molar-refractivity contribution is -0.112. The Morgan fingerprint density at radius 2 is 2.14 bits per heavy atom. The Bertz CT molecular complexity index is 765. The zero-order valence-corrected chi connectivity index (χ0v) is 13.4. The third-order valence-electron chi connectivity index (χ3n) is 2.84. The quantitative estimate of drug-likeness (QED) is 0.647. The highest BCUT2D eigenvalue weighted by atomic mass is 79.9. The lowest BCUT2D eigenvalue weighted by Gasteiger charge is -2.07. The van der Waals surface area contributed by atoms with Crippen LogP contribution in [-0.2, 0) is 4.79 Å². The highest BCUT2D eigenvalue weighted by Gasteiger charge is 2.10. The van der Waals surface area contributed by atoms with Crippen molar-refractivity contribution in [2.45, 2.75) is 6.92 Å². The van der Waals surface area contributed by atoms with Gasteiger partial charge in [-0.2, -0.15) is 5.26 Å². The van der Waals surface area contributed by atoms with E-state index in [4.69, 9.17) is 5.26 Å². The van der Waals surface area contributed by atoms with Gasteiger partial charge in [0.15, 0.2) is 0 Å². The van der Waals surface area contributed by atoms with Crippen molar-refractivity contribution in [3.8, 4) is 6.07 Å². The van der Waals surface area contributed by atoms with Crippen LogP contribution in [-0.4, -0.2) is 10.9 Å². The van der Waals surface area contributed by atoms with E-state index >= 15 is 0 Å². The summed E-state index contributed by atoms with van der Waals surface area (Å²) in [5, 5.41) is 14.7. The van der Waals surface area contributed by atoms with E-state index in [0.29, 0.717) is 11.5 Å². The predicted molar refractivity (Wildman–Crippen MR) is 89.1 cm³/mol. The van der Waals surface area contributed by atoms with Crippen LogP contribution in [0.25, 0.3) is 0 Å². The van der Waals surface area contributed by atoms with Gasteiger partial charge < -0.3 is 10.6 Å². The van der Waals surface area contributed by atoms with Gasteiger partial charge in [-0.15, -0.1) is 0 Å². The Morgan fingerprint density at radius 3 is 2.82 bits per heavy atom. The number of hydrogen-bond donors (Lipinski definition) is 2. The van der Waals surface area contributed by atoms with Crippen molar-refractivity contribution < 1.29 is 4.79 Å². The second kappa shape index (κ2) is 7.38. The zero-order valence-electron chi connectivity index (χ0n) is 11.8. The summed E-state index contributed by atoms with van der Waals surface area (Å²) >= 11 is 3.32. The van der Waals surface area contributed by atoms with Crippen LogP contribution in [0.4, 0.5) is 11.5 Å². The fraction of sp³-hybridized carbons (Fsp3) is 0.0625. The van der Waals surface area contributed by atoms with Crippen LogP contribution in [0, 0.1) is 18.3 Å². The number of benzene rings is 1. The topological polar surface area (TPSA) is 77.8 Å². The predicted octanol–water partition coefficient (Wildman–Crippen LogP) is 3.61. The van der Waals surface area contributed by atoms with Gasteiger partial charge >= 0.3 is 0 Å². The Labute approximate surface area is 136 Å². The van der Waals surface area contributed by atoms with Crippen molar-refractivity contribution in [2.75, 3.05) is 10.6 Å². The molecule has 2 aromatic rings. The van der Waals surface area contributed by atoms with E-state index in [1.807, 2.05) is 31.2 Å². The van der Waals surface area contributed by atoms with E-state index in [9.17, 15) is 4.79 Å². The fourth-order valence-electron chi connectivity index (χ4n) is 1.68. The highest BCUT2D eigenvalue weighted by Crippen LogP contribution is 2.15. The van der Waals surface area contributed by atoms with E-state index < -0.39 is 5.91 Å². The molecule has 0 bridgehead atoms. The molecule has 6 heteroatoms. The highest BCUT2D eigenvalue weighted by molar-refractivity contribution is 9.10. The van der Waals surface area contributed by atoms with Crippen molar-refractivity contribution in [3.05, 3.63) is 64.4 Å². The van der Waals surface area contributed by atoms with Crippen molar-refractivity contribution in [1.82, 2.24) is 4.98 Å². The van der Waals surface area contributed by atoms with Crippen molar-refractivity contribution in [2.24, 2.45) is 0 Å². The molecule has 22 heavy (non-hydrogen) atoms. The SMILES string of the molecule is Cc1ccccc1NC(=O)/C(C#N)=C\Nc1cc(Br)ccn1. The minimum absolute atomic E-state index is 0.0370. The van der Waals surface area contributed by atoms with E-state index in [1.165, 1.54) is 6.20 Å². The van der Waals surface area contributed by atoms with Gasteiger partial charge in [0, 0.05) is 22.6 Å². The molecule has 1 amide bonds. The van der Waals surface area contributed by atoms with E-state index in [0.717, 1.165) is 10.0 Å². The number of aromatic nitrogens is 1. The molecule has 0 saturated heterocycles. The summed E-state index contributed by atoms with van der Waals surface area (Å²) in [4.78, 5) is 16.2. The first-order valence-corrected chi connectivity index (χ1v) is 7.25. The minimum Gasteiger partial charge on any atom is -0.345 e. The first kappa shape index (κ1) is 15.7. The molecule has 5 nitrogen and oxygen atoms in total. The third-order valence-corrected chi connectivity index (χ3v) is 3.34. The maximum absolute atomic E-state index is 12.1. The number of nitrogens with zero attached hydrogens (tertiary/aromatic N) is 2. The number of nitriles is 1. The normalized spacial score (nSPS) is 10.7. The second-order valence-electron chi connectivity index (χ2n) is 4.44. The summed E-state index contributed by atoms with van der Waals surface area (Å²) < 4.78 is 0.848. The summed E-state index contributed by atoms with van der Waals surface area (Å²) in [6, 6.07) is 12.8. The van der Waals surface area contributed by atoms with Gasteiger partial charge in [-0.05, 0) is 30.7 Å². The molecule has 1 heterocycles. The molecular formula is C16H13BrN4O. The van der Waals surface area contributed by atoms with Gasteiger partial charge in [0.25, 0.3) is 5.91 Å². The van der Waals surface area contributed by atoms with Crippen LogP contribution in [0.2, 0.25) is 0 Å². The number of halogens is 1. The number of pyridine rings is 1. The average Bonchev–Trinajstić information content (AvgIpc) is 2.50. The maximum Gasteiger partial charge on any atom is 0.267 e. The largest absolute Gasteiger partial charge is 0.345 e. The number of amides is 1. The lowest BCUT2D eigenvalue weighted by Crippen LogP contribution is -2.15. The molecule has 0 fully saturated rings. The summed E-state index contributed by atoms with van der Waals surface area (Å²) in [6.07, 6.45) is 2.95. The molecule has 0 saturated carbocycles. The van der Waals surface area contributed by atoms with Crippen molar-refractivity contribution in [1.29, 1.82) is 5.26 Å². The molecule has 110 valence electrons. The molecule has 0 unspecified atom stereocenters. The van der Waals surface area contributed by atoms with Crippen LogP contribution < -0.4 is 10.6 Å². The summed E-state index contributed by atoms with van der Waals surface area (Å²) in [7, 11) is 0. The molecule has 1 aromatic carbocycles. The molecule has 2 rings (SSSR count). The minimum atomic E-state index is -0.473. The molecule has 0 spiro atoms. The van der Waals surface area contributed by atoms with Gasteiger partial charge in [-0.25, -0.2) is 4.98 Å². The Morgan fingerprint density at radius 1 is 1.36 bits per heavy atom. The summed E-state index contributed by atoms with van der Waals surface area (Å²) in [5.41, 5.74) is 1.56. The second-order valence-corrected chi connectivity index (χ2v) is 5.36. The average molecular weight is 357 g/mol. The molecule has 0 atom stereocenters. The summed E-state index contributed by atoms with van der Waals surface area (Å²) in [6.45, 7) is 1.88. The lowest BCUT2D eigenvalue weighted by atomic mass is 10.2. The van der Waals surface area contributed by atoms with Crippen LogP contribution in [0.1, 0.15) is 5.56 Å². The number of carbonyl (C=O) groups is 1. The van der Waals surface area contributed by atoms with Crippen LogP contribution in [0.3, 0.4) is 0 Å². The molecule has 0 aliphatic carbocycles. The number of rotatable bonds is 4. The Balaban J connectivity index is 2.11. The van der Waals surface area contributed by atoms with Crippen LogP contribution >= 0.6 is 15.9 Å². The molecule has 2 N–H and O–H groups in total. The molecule has 0 aliphatic rings. The smallest absolute Gasteiger partial charge is 0.267 e. The molecule has 0 radical (unpaired) electrons. The van der Waals surface area contributed by atoms with E-state index in [1.54, 1.807) is 24.4 Å².